The Balaban J connectivity index is 0.00000264. The van der Waals surface area contributed by atoms with E-state index in [0.29, 0.717) is 13.0 Å². The molecule has 3 nitrogen and oxygen atoms in total. The van der Waals surface area contributed by atoms with Crippen molar-refractivity contribution in [2.45, 2.75) is 71.1 Å². The molecule has 0 aliphatic rings. The minimum Gasteiger partial charge on any atom is -0.441 e. The highest BCUT2D eigenvalue weighted by Crippen LogP contribution is 2.19. The summed E-state index contributed by atoms with van der Waals surface area (Å²) in [6.45, 7) is 2.85. The summed E-state index contributed by atoms with van der Waals surface area (Å²) in [6.07, 6.45) is 12.8. The van der Waals surface area contributed by atoms with Crippen LogP contribution in [0.4, 0.5) is 0 Å². The van der Waals surface area contributed by atoms with Gasteiger partial charge in [0, 0.05) is 13.0 Å². The molecule has 0 radical (unpaired) electrons. The maximum Gasteiger partial charge on any atom is 0.196 e. The Morgan fingerprint density at radius 2 is 1.65 bits per heavy atom. The number of halogens is 1. The number of nitrogens with zero attached hydrogens (tertiary/aromatic N) is 1. The standard InChI is InChI=1S/C19H30N2O.ClH/c1-2-3-4-5-6-7-8-9-10-16-11-12-18-17(15-16)21-19(22-18)13-14-20;/h11-12,15H,2-10,13-14,20H2,1H3;1H. The zero-order valence-electron chi connectivity index (χ0n) is 14.4. The predicted molar refractivity (Wildman–Crippen MR) is 100 cm³/mol. The molecule has 2 aromatic rings. The number of hydrogen-bond acceptors (Lipinski definition) is 3. The summed E-state index contributed by atoms with van der Waals surface area (Å²) in [7, 11) is 0. The molecule has 1 aromatic carbocycles. The molecule has 0 amide bonds. The topological polar surface area (TPSA) is 52.0 Å². The highest BCUT2D eigenvalue weighted by molar-refractivity contribution is 5.85. The molecule has 1 heterocycles. The van der Waals surface area contributed by atoms with Crippen LogP contribution in [0, 0.1) is 0 Å². The van der Waals surface area contributed by atoms with E-state index in [-0.39, 0.29) is 12.4 Å². The number of benzene rings is 1. The molecule has 2 N–H and O–H groups in total. The van der Waals surface area contributed by atoms with Crippen molar-refractivity contribution < 1.29 is 4.42 Å². The molecule has 23 heavy (non-hydrogen) atoms. The molecule has 0 atom stereocenters. The van der Waals surface area contributed by atoms with Crippen LogP contribution in [0.2, 0.25) is 0 Å². The number of fused-ring (bicyclic) bond motifs is 1. The fourth-order valence-electron chi connectivity index (χ4n) is 2.87. The van der Waals surface area contributed by atoms with E-state index in [4.69, 9.17) is 10.2 Å². The van der Waals surface area contributed by atoms with Crippen LogP contribution in [0.5, 0.6) is 0 Å². The van der Waals surface area contributed by atoms with E-state index < -0.39 is 0 Å². The van der Waals surface area contributed by atoms with Crippen molar-refractivity contribution in [2.75, 3.05) is 6.54 Å². The van der Waals surface area contributed by atoms with E-state index in [1.54, 1.807) is 0 Å². The largest absolute Gasteiger partial charge is 0.441 e. The second-order valence-corrected chi connectivity index (χ2v) is 6.17. The first-order valence-electron chi connectivity index (χ1n) is 8.92. The molecule has 0 aliphatic heterocycles. The Morgan fingerprint density at radius 3 is 2.35 bits per heavy atom. The zero-order valence-corrected chi connectivity index (χ0v) is 15.2. The van der Waals surface area contributed by atoms with E-state index in [9.17, 15) is 0 Å². The van der Waals surface area contributed by atoms with Crippen LogP contribution in [-0.2, 0) is 12.8 Å². The van der Waals surface area contributed by atoms with Crippen LogP contribution in [0.3, 0.4) is 0 Å². The lowest BCUT2D eigenvalue weighted by Gasteiger charge is -2.02. The third-order valence-corrected chi connectivity index (χ3v) is 4.17. The van der Waals surface area contributed by atoms with Crippen molar-refractivity contribution in [3.8, 4) is 0 Å². The second-order valence-electron chi connectivity index (χ2n) is 6.17. The Hall–Kier alpha value is -1.06. The molecule has 1 aromatic heterocycles. The molecule has 0 saturated carbocycles. The lowest BCUT2D eigenvalue weighted by atomic mass is 10.0. The average molecular weight is 339 g/mol. The molecule has 4 heteroatoms. The van der Waals surface area contributed by atoms with E-state index in [2.05, 4.69) is 24.0 Å². The Kier molecular flexibility index (Phi) is 9.97. The van der Waals surface area contributed by atoms with E-state index in [1.165, 1.54) is 56.9 Å². The smallest absolute Gasteiger partial charge is 0.196 e. The van der Waals surface area contributed by atoms with Crippen molar-refractivity contribution in [1.82, 2.24) is 4.98 Å². The van der Waals surface area contributed by atoms with Gasteiger partial charge in [0.25, 0.3) is 0 Å². The summed E-state index contributed by atoms with van der Waals surface area (Å²) in [4.78, 5) is 4.50. The van der Waals surface area contributed by atoms with Gasteiger partial charge in [-0.1, -0.05) is 57.9 Å². The van der Waals surface area contributed by atoms with E-state index in [1.807, 2.05) is 6.07 Å². The maximum absolute atomic E-state index is 5.66. The second kappa shape index (κ2) is 11.5. The summed E-state index contributed by atoms with van der Waals surface area (Å²) in [5.74, 6) is 0.752. The van der Waals surface area contributed by atoms with E-state index >= 15 is 0 Å². The molecular formula is C19H31ClN2O. The monoisotopic (exact) mass is 338 g/mol. The molecular weight excluding hydrogens is 308 g/mol. The van der Waals surface area contributed by atoms with Gasteiger partial charge in [0.05, 0.1) is 0 Å². The maximum atomic E-state index is 5.66. The third-order valence-electron chi connectivity index (χ3n) is 4.17. The van der Waals surface area contributed by atoms with Gasteiger partial charge in [-0.2, -0.15) is 0 Å². The minimum atomic E-state index is 0. The quantitative estimate of drug-likeness (QED) is 0.555. The van der Waals surface area contributed by atoms with Gasteiger partial charge in [-0.05, 0) is 30.5 Å². The summed E-state index contributed by atoms with van der Waals surface area (Å²) in [5, 5.41) is 0. The normalized spacial score (nSPS) is 10.9. The molecule has 0 fully saturated rings. The first-order valence-corrected chi connectivity index (χ1v) is 8.92. The van der Waals surface area contributed by atoms with Gasteiger partial charge >= 0.3 is 0 Å². The number of oxazole rings is 1. The van der Waals surface area contributed by atoms with Crippen LogP contribution in [0.15, 0.2) is 22.6 Å². The van der Waals surface area contributed by atoms with Crippen molar-refractivity contribution in [2.24, 2.45) is 5.73 Å². The summed E-state index contributed by atoms with van der Waals surface area (Å²) in [5.41, 5.74) is 8.76. The lowest BCUT2D eigenvalue weighted by molar-refractivity contribution is 0.531. The van der Waals surface area contributed by atoms with Gasteiger partial charge in [-0.15, -0.1) is 12.4 Å². The molecule has 0 bridgehead atoms. The number of hydrogen-bond donors (Lipinski definition) is 1. The highest BCUT2D eigenvalue weighted by atomic mass is 35.5. The zero-order chi connectivity index (χ0) is 15.6. The summed E-state index contributed by atoms with van der Waals surface area (Å²) >= 11 is 0. The fraction of sp³-hybridized carbons (Fsp3) is 0.632. The molecule has 130 valence electrons. The van der Waals surface area contributed by atoms with Crippen LogP contribution < -0.4 is 5.73 Å². The molecule has 0 aliphatic carbocycles. The van der Waals surface area contributed by atoms with Crippen molar-refractivity contribution in [3.63, 3.8) is 0 Å². The lowest BCUT2D eigenvalue weighted by Crippen LogP contribution is -2.02. The van der Waals surface area contributed by atoms with Gasteiger partial charge in [-0.25, -0.2) is 4.98 Å². The van der Waals surface area contributed by atoms with Crippen molar-refractivity contribution in [1.29, 1.82) is 0 Å². The van der Waals surface area contributed by atoms with Gasteiger partial charge in [0.15, 0.2) is 11.5 Å². The average Bonchev–Trinajstić information content (AvgIpc) is 2.92. The minimum absolute atomic E-state index is 0. The predicted octanol–water partition coefficient (Wildman–Crippen LogP) is 5.43. The van der Waals surface area contributed by atoms with Crippen LogP contribution >= 0.6 is 12.4 Å². The molecule has 0 unspecified atom stereocenters. The van der Waals surface area contributed by atoms with Crippen LogP contribution in [0.25, 0.3) is 11.1 Å². The number of aromatic nitrogens is 1. The van der Waals surface area contributed by atoms with Gasteiger partial charge in [0.2, 0.25) is 0 Å². The number of unbranched alkanes of at least 4 members (excludes halogenated alkanes) is 7. The van der Waals surface area contributed by atoms with Crippen LogP contribution in [0.1, 0.15) is 69.7 Å². The first kappa shape index (κ1) is 20.0. The Morgan fingerprint density at radius 1 is 0.957 bits per heavy atom. The first-order chi connectivity index (χ1) is 10.8. The van der Waals surface area contributed by atoms with Crippen molar-refractivity contribution >= 4 is 23.5 Å². The molecule has 0 saturated heterocycles. The molecule has 2 rings (SSSR count). The molecule has 0 spiro atoms. The summed E-state index contributed by atoms with van der Waals surface area (Å²) in [6, 6.07) is 6.38. The van der Waals surface area contributed by atoms with Gasteiger partial charge < -0.3 is 10.2 Å². The highest BCUT2D eigenvalue weighted by Gasteiger charge is 2.05. The van der Waals surface area contributed by atoms with Gasteiger partial charge in [0.1, 0.15) is 5.52 Å². The van der Waals surface area contributed by atoms with Gasteiger partial charge in [-0.3, -0.25) is 0 Å². The van der Waals surface area contributed by atoms with Crippen LogP contribution in [-0.4, -0.2) is 11.5 Å². The fourth-order valence-corrected chi connectivity index (χ4v) is 2.87. The number of aryl methyl sites for hydroxylation is 1. The van der Waals surface area contributed by atoms with E-state index in [0.717, 1.165) is 23.4 Å². The SMILES string of the molecule is CCCCCCCCCCc1ccc2oc(CCN)nc2c1.Cl. The Labute approximate surface area is 146 Å². The number of nitrogens with two attached hydrogens (primary N) is 1. The van der Waals surface area contributed by atoms with Crippen molar-refractivity contribution in [3.05, 3.63) is 29.7 Å². The third kappa shape index (κ3) is 6.92. The Bertz CT molecular complexity index is 553. The summed E-state index contributed by atoms with van der Waals surface area (Å²) < 4.78 is 5.66. The number of rotatable bonds is 11.